The molecule has 3 rings (SSSR count). The van der Waals surface area contributed by atoms with E-state index >= 15 is 0 Å². The number of rotatable bonds is 1. The van der Waals surface area contributed by atoms with Crippen LogP contribution < -0.4 is 16.6 Å². The van der Waals surface area contributed by atoms with Gasteiger partial charge in [0, 0.05) is 26.4 Å². The highest BCUT2D eigenvalue weighted by Crippen LogP contribution is 2.35. The van der Waals surface area contributed by atoms with E-state index in [0.717, 1.165) is 4.57 Å². The minimum absolute atomic E-state index is 0.0541. The quantitative estimate of drug-likeness (QED) is 0.812. The van der Waals surface area contributed by atoms with Crippen LogP contribution in [0, 0.1) is 5.82 Å². The molecule has 120 valence electrons. The molecule has 2 aromatic rings. The third kappa shape index (κ3) is 2.42. The lowest BCUT2D eigenvalue weighted by molar-refractivity contribution is -0.116. The summed E-state index contributed by atoms with van der Waals surface area (Å²) in [6, 6.07) is 4.36. The molecule has 1 atom stereocenters. The Morgan fingerprint density at radius 3 is 2.57 bits per heavy atom. The number of nitrogens with zero attached hydrogens (tertiary/aromatic N) is 2. The number of aromatic nitrogens is 2. The van der Waals surface area contributed by atoms with Crippen molar-refractivity contribution < 1.29 is 9.18 Å². The molecule has 0 saturated carbocycles. The first-order chi connectivity index (χ1) is 10.8. The molecule has 8 heteroatoms. The molecular weight excluding hydrogens is 369 g/mol. The van der Waals surface area contributed by atoms with Gasteiger partial charge in [-0.1, -0.05) is 6.07 Å². The molecule has 6 nitrogen and oxygen atoms in total. The fourth-order valence-electron chi connectivity index (χ4n) is 2.82. The molecular formula is C15H13BrFN3O3. The lowest BCUT2D eigenvalue weighted by atomic mass is 9.86. The van der Waals surface area contributed by atoms with Crippen molar-refractivity contribution in [3.05, 3.63) is 60.5 Å². The highest BCUT2D eigenvalue weighted by atomic mass is 79.9. The Morgan fingerprint density at radius 1 is 1.22 bits per heavy atom. The average Bonchev–Trinajstić information content (AvgIpc) is 2.52. The fraction of sp³-hybridized carbons (Fsp3) is 0.267. The van der Waals surface area contributed by atoms with E-state index in [0.29, 0.717) is 11.1 Å². The molecule has 1 N–H and O–H groups in total. The van der Waals surface area contributed by atoms with Crippen LogP contribution in [0.3, 0.4) is 0 Å². The molecule has 0 aliphatic carbocycles. The molecule has 1 aliphatic heterocycles. The molecule has 1 amide bonds. The largest absolute Gasteiger partial charge is 0.332 e. The van der Waals surface area contributed by atoms with Gasteiger partial charge in [0.05, 0.1) is 10.0 Å². The molecule has 23 heavy (non-hydrogen) atoms. The zero-order chi connectivity index (χ0) is 16.9. The van der Waals surface area contributed by atoms with Gasteiger partial charge >= 0.3 is 5.69 Å². The maximum Gasteiger partial charge on any atom is 0.332 e. The molecule has 0 saturated heterocycles. The van der Waals surface area contributed by atoms with Crippen LogP contribution in [-0.2, 0) is 18.9 Å². The summed E-state index contributed by atoms with van der Waals surface area (Å²) in [6.45, 7) is 0. The van der Waals surface area contributed by atoms with E-state index in [2.05, 4.69) is 21.2 Å². The maximum atomic E-state index is 13.5. The van der Waals surface area contributed by atoms with Crippen molar-refractivity contribution in [3.63, 3.8) is 0 Å². The number of hydrogen-bond donors (Lipinski definition) is 1. The number of carbonyl (C=O) groups excluding carboxylic acids is 1. The van der Waals surface area contributed by atoms with Gasteiger partial charge in [-0.2, -0.15) is 0 Å². The van der Waals surface area contributed by atoms with Crippen molar-refractivity contribution in [3.8, 4) is 0 Å². The van der Waals surface area contributed by atoms with Crippen molar-refractivity contribution in [2.24, 2.45) is 14.1 Å². The van der Waals surface area contributed by atoms with Crippen molar-refractivity contribution in [2.45, 2.75) is 12.3 Å². The van der Waals surface area contributed by atoms with Crippen LogP contribution in [0.5, 0.6) is 0 Å². The summed E-state index contributed by atoms with van der Waals surface area (Å²) in [6.07, 6.45) is 0.0541. The van der Waals surface area contributed by atoms with Crippen molar-refractivity contribution in [1.82, 2.24) is 9.13 Å². The van der Waals surface area contributed by atoms with Crippen LogP contribution >= 0.6 is 15.9 Å². The number of carbonyl (C=O) groups is 1. The second kappa shape index (κ2) is 5.45. The van der Waals surface area contributed by atoms with Crippen LogP contribution in [0.15, 0.2) is 32.3 Å². The zero-order valence-corrected chi connectivity index (χ0v) is 14.0. The number of fused-ring (bicyclic) bond motifs is 1. The van der Waals surface area contributed by atoms with Crippen molar-refractivity contribution in [1.29, 1.82) is 0 Å². The first kappa shape index (κ1) is 15.7. The summed E-state index contributed by atoms with van der Waals surface area (Å²) in [5.41, 5.74) is -0.0265. The standard InChI is InChI=1S/C15H13BrFN3O3/c1-19-13-12(14(22)20(2)15(19)23)8(6-11(21)18-13)7-3-4-10(17)9(16)5-7/h3-5,8H,6H2,1-2H3,(H,18,21)/t8-/m1/s1. The second-order valence-corrected chi connectivity index (χ2v) is 6.30. The minimum Gasteiger partial charge on any atom is -0.312 e. The number of nitrogens with one attached hydrogen (secondary N) is 1. The zero-order valence-electron chi connectivity index (χ0n) is 12.4. The Morgan fingerprint density at radius 2 is 1.91 bits per heavy atom. The number of anilines is 1. The average molecular weight is 382 g/mol. The van der Waals surface area contributed by atoms with Gasteiger partial charge in [0.25, 0.3) is 5.56 Å². The van der Waals surface area contributed by atoms with Crippen molar-refractivity contribution in [2.75, 3.05) is 5.32 Å². The van der Waals surface area contributed by atoms with E-state index in [4.69, 9.17) is 0 Å². The Labute approximate surface area is 138 Å². The summed E-state index contributed by atoms with van der Waals surface area (Å²) in [4.78, 5) is 36.6. The fourth-order valence-corrected chi connectivity index (χ4v) is 3.22. The molecule has 2 heterocycles. The molecule has 1 aliphatic rings. The van der Waals surface area contributed by atoms with Gasteiger partial charge in [-0.05, 0) is 33.6 Å². The molecule has 1 aromatic carbocycles. The van der Waals surface area contributed by atoms with Gasteiger partial charge in [-0.3, -0.25) is 18.7 Å². The van der Waals surface area contributed by atoms with Crippen LogP contribution in [0.2, 0.25) is 0 Å². The van der Waals surface area contributed by atoms with Gasteiger partial charge in [-0.15, -0.1) is 0 Å². The summed E-state index contributed by atoms with van der Waals surface area (Å²) < 4.78 is 16.0. The highest BCUT2D eigenvalue weighted by molar-refractivity contribution is 9.10. The third-order valence-electron chi connectivity index (χ3n) is 4.04. The highest BCUT2D eigenvalue weighted by Gasteiger charge is 2.32. The van der Waals surface area contributed by atoms with Crippen molar-refractivity contribution >= 4 is 27.7 Å². The van der Waals surface area contributed by atoms with E-state index in [1.807, 2.05) is 0 Å². The number of benzene rings is 1. The Kier molecular flexibility index (Phi) is 3.71. The van der Waals surface area contributed by atoms with Crippen LogP contribution in [0.4, 0.5) is 10.2 Å². The topological polar surface area (TPSA) is 73.1 Å². The van der Waals surface area contributed by atoms with E-state index in [-0.39, 0.29) is 22.6 Å². The van der Waals surface area contributed by atoms with Crippen LogP contribution in [-0.4, -0.2) is 15.0 Å². The van der Waals surface area contributed by atoms with Crippen LogP contribution in [0.1, 0.15) is 23.5 Å². The van der Waals surface area contributed by atoms with E-state index in [1.165, 1.54) is 30.8 Å². The normalized spacial score (nSPS) is 16.9. The summed E-state index contributed by atoms with van der Waals surface area (Å²) >= 11 is 3.11. The molecule has 0 unspecified atom stereocenters. The molecule has 0 bridgehead atoms. The molecule has 0 spiro atoms. The predicted molar refractivity (Wildman–Crippen MR) is 86.1 cm³/mol. The summed E-state index contributed by atoms with van der Waals surface area (Å²) in [5.74, 6) is -1.07. The number of halogens is 2. The Hall–Kier alpha value is -2.22. The lowest BCUT2D eigenvalue weighted by Gasteiger charge is -2.27. The number of hydrogen-bond acceptors (Lipinski definition) is 3. The Bertz CT molecular complexity index is 948. The minimum atomic E-state index is -0.541. The first-order valence-corrected chi connectivity index (χ1v) is 7.65. The molecule has 1 aromatic heterocycles. The van der Waals surface area contributed by atoms with Gasteiger partial charge in [-0.25, -0.2) is 9.18 Å². The molecule has 0 radical (unpaired) electrons. The van der Waals surface area contributed by atoms with E-state index < -0.39 is 23.0 Å². The third-order valence-corrected chi connectivity index (χ3v) is 4.65. The van der Waals surface area contributed by atoms with Gasteiger partial charge in [0.1, 0.15) is 11.6 Å². The van der Waals surface area contributed by atoms with Gasteiger partial charge < -0.3 is 5.32 Å². The maximum absolute atomic E-state index is 13.5. The summed E-state index contributed by atoms with van der Waals surface area (Å²) in [7, 11) is 2.88. The van der Waals surface area contributed by atoms with Gasteiger partial charge in [0.2, 0.25) is 5.91 Å². The second-order valence-electron chi connectivity index (χ2n) is 5.45. The van der Waals surface area contributed by atoms with E-state index in [1.54, 1.807) is 6.07 Å². The SMILES string of the molecule is Cn1c2c(c(=O)n(C)c1=O)[C@@H](c1ccc(F)c(Br)c1)CC(=O)N2. The smallest absolute Gasteiger partial charge is 0.312 e. The monoisotopic (exact) mass is 381 g/mol. The summed E-state index contributed by atoms with van der Waals surface area (Å²) in [5, 5.41) is 2.59. The van der Waals surface area contributed by atoms with Crippen LogP contribution in [0.25, 0.3) is 0 Å². The lowest BCUT2D eigenvalue weighted by Crippen LogP contribution is -2.44. The van der Waals surface area contributed by atoms with E-state index in [9.17, 15) is 18.8 Å². The van der Waals surface area contributed by atoms with Gasteiger partial charge in [0.15, 0.2) is 0 Å². The molecule has 0 fully saturated rings. The predicted octanol–water partition coefficient (Wildman–Crippen LogP) is 1.46. The Balaban J connectivity index is 2.31. The first-order valence-electron chi connectivity index (χ1n) is 6.86. The number of amides is 1.